The summed E-state index contributed by atoms with van der Waals surface area (Å²) in [5, 5.41) is 2.88. The van der Waals surface area contributed by atoms with E-state index in [0.717, 1.165) is 11.3 Å². The van der Waals surface area contributed by atoms with Crippen molar-refractivity contribution in [3.63, 3.8) is 0 Å². The molecule has 1 N–H and O–H groups in total. The summed E-state index contributed by atoms with van der Waals surface area (Å²) in [5.74, 6) is 1.38. The number of furan rings is 1. The van der Waals surface area contributed by atoms with Crippen LogP contribution < -0.4 is 10.1 Å². The Morgan fingerprint density at radius 3 is 2.58 bits per heavy atom. The van der Waals surface area contributed by atoms with Gasteiger partial charge in [0.05, 0.1) is 12.3 Å². The molecule has 0 aliphatic heterocycles. The molecule has 1 atom stereocenters. The van der Waals surface area contributed by atoms with Gasteiger partial charge in [-0.1, -0.05) is 6.07 Å². The fourth-order valence-electron chi connectivity index (χ4n) is 2.23. The molecule has 132 valence electrons. The second-order valence-corrected chi connectivity index (χ2v) is 5.83. The first-order valence-corrected chi connectivity index (χ1v) is 7.64. The van der Waals surface area contributed by atoms with Crippen LogP contribution in [0.1, 0.15) is 22.9 Å². The predicted molar refractivity (Wildman–Crippen MR) is 96.8 cm³/mol. The molecule has 0 radical (unpaired) electrons. The van der Waals surface area contributed by atoms with E-state index >= 15 is 0 Å². The van der Waals surface area contributed by atoms with Crippen LogP contribution in [0.3, 0.4) is 0 Å². The summed E-state index contributed by atoms with van der Waals surface area (Å²) < 4.78 is 11.0. The predicted octanol–water partition coefficient (Wildman–Crippen LogP) is 3.12. The van der Waals surface area contributed by atoms with Crippen molar-refractivity contribution in [3.8, 4) is 5.75 Å². The minimum Gasteiger partial charge on any atom is -0.484 e. The number of halogens is 1. The van der Waals surface area contributed by atoms with E-state index in [1.165, 1.54) is 5.56 Å². The second kappa shape index (κ2) is 9.35. The number of carbonyl (C=O) groups is 1. The van der Waals surface area contributed by atoms with Gasteiger partial charge in [0.2, 0.25) is 0 Å². The van der Waals surface area contributed by atoms with E-state index in [2.05, 4.69) is 5.32 Å². The number of likely N-dealkylation sites (N-methyl/N-ethyl adjacent to an activating group) is 1. The Kier molecular flexibility index (Phi) is 7.82. The minimum absolute atomic E-state index is 0. The van der Waals surface area contributed by atoms with Crippen molar-refractivity contribution in [3.05, 3.63) is 53.5 Å². The largest absolute Gasteiger partial charge is 0.484 e. The average molecular weight is 353 g/mol. The van der Waals surface area contributed by atoms with Gasteiger partial charge in [-0.15, -0.1) is 12.4 Å². The number of rotatable bonds is 7. The normalized spacial score (nSPS) is 11.7. The van der Waals surface area contributed by atoms with E-state index in [0.29, 0.717) is 12.3 Å². The molecule has 24 heavy (non-hydrogen) atoms. The highest BCUT2D eigenvalue weighted by molar-refractivity contribution is 5.85. The minimum atomic E-state index is -0.151. The Morgan fingerprint density at radius 1 is 1.25 bits per heavy atom. The smallest absolute Gasteiger partial charge is 0.258 e. The molecule has 6 heteroatoms. The number of carbonyl (C=O) groups excluding carboxylic acids is 1. The standard InChI is InChI=1S/C18H24N2O3.ClH/c1-13-7-8-15(10-14(13)2)23-12-18(21)19-11-16(20(3)4)17-6-5-9-22-17;/h5-10,16H,11-12H2,1-4H3,(H,19,21);1H. The number of nitrogens with zero attached hydrogens (tertiary/aromatic N) is 1. The zero-order valence-corrected chi connectivity index (χ0v) is 15.4. The molecule has 1 unspecified atom stereocenters. The molecule has 0 saturated carbocycles. The molecule has 5 nitrogen and oxygen atoms in total. The molecular formula is C18H25ClN2O3. The van der Waals surface area contributed by atoms with Crippen LogP contribution in [0, 0.1) is 13.8 Å². The molecule has 0 fully saturated rings. The molecule has 1 aromatic heterocycles. The van der Waals surface area contributed by atoms with Crippen LogP contribution in [0.5, 0.6) is 5.75 Å². The van der Waals surface area contributed by atoms with Gasteiger partial charge in [0.25, 0.3) is 5.91 Å². The summed E-state index contributed by atoms with van der Waals surface area (Å²) in [5.41, 5.74) is 2.35. The van der Waals surface area contributed by atoms with Crippen LogP contribution >= 0.6 is 12.4 Å². The van der Waals surface area contributed by atoms with Crippen molar-refractivity contribution in [1.82, 2.24) is 10.2 Å². The Bertz CT molecular complexity index is 642. The molecule has 2 rings (SSSR count). The van der Waals surface area contributed by atoms with Crippen LogP contribution in [-0.4, -0.2) is 38.1 Å². The number of hydrogen-bond acceptors (Lipinski definition) is 4. The first-order valence-electron chi connectivity index (χ1n) is 7.64. The van der Waals surface area contributed by atoms with E-state index < -0.39 is 0 Å². The van der Waals surface area contributed by atoms with Gasteiger partial charge in [0.1, 0.15) is 11.5 Å². The van der Waals surface area contributed by atoms with Gasteiger partial charge in [0.15, 0.2) is 6.61 Å². The number of nitrogens with one attached hydrogen (secondary N) is 1. The summed E-state index contributed by atoms with van der Waals surface area (Å²) >= 11 is 0. The highest BCUT2D eigenvalue weighted by Crippen LogP contribution is 2.18. The number of ether oxygens (including phenoxy) is 1. The van der Waals surface area contributed by atoms with Gasteiger partial charge >= 0.3 is 0 Å². The molecule has 1 heterocycles. The van der Waals surface area contributed by atoms with E-state index in [4.69, 9.17) is 9.15 Å². The van der Waals surface area contributed by atoms with Crippen molar-refractivity contribution < 1.29 is 13.9 Å². The van der Waals surface area contributed by atoms with Gasteiger partial charge < -0.3 is 14.5 Å². The van der Waals surface area contributed by atoms with Crippen molar-refractivity contribution in [2.24, 2.45) is 0 Å². The van der Waals surface area contributed by atoms with Crippen LogP contribution in [0.15, 0.2) is 41.0 Å². The van der Waals surface area contributed by atoms with E-state index in [-0.39, 0.29) is 31.0 Å². The van der Waals surface area contributed by atoms with Crippen molar-refractivity contribution >= 4 is 18.3 Å². The second-order valence-electron chi connectivity index (χ2n) is 5.83. The van der Waals surface area contributed by atoms with Crippen LogP contribution in [0.25, 0.3) is 0 Å². The first kappa shape index (κ1) is 20.1. The van der Waals surface area contributed by atoms with Gasteiger partial charge in [-0.2, -0.15) is 0 Å². The fraction of sp³-hybridized carbons (Fsp3) is 0.389. The molecular weight excluding hydrogens is 328 g/mol. The molecule has 1 aromatic carbocycles. The Balaban J connectivity index is 0.00000288. The topological polar surface area (TPSA) is 54.7 Å². The lowest BCUT2D eigenvalue weighted by Gasteiger charge is -2.22. The van der Waals surface area contributed by atoms with Crippen LogP contribution in [0.4, 0.5) is 0 Å². The third-order valence-electron chi connectivity index (χ3n) is 3.84. The molecule has 0 bridgehead atoms. The third-order valence-corrected chi connectivity index (χ3v) is 3.84. The summed E-state index contributed by atoms with van der Waals surface area (Å²) in [6.07, 6.45) is 1.64. The van der Waals surface area contributed by atoms with E-state index in [1.807, 2.05) is 63.2 Å². The third kappa shape index (κ3) is 5.58. The van der Waals surface area contributed by atoms with E-state index in [1.54, 1.807) is 6.26 Å². The summed E-state index contributed by atoms with van der Waals surface area (Å²) in [7, 11) is 3.90. The quantitative estimate of drug-likeness (QED) is 0.831. The highest BCUT2D eigenvalue weighted by Gasteiger charge is 2.17. The van der Waals surface area contributed by atoms with Crippen molar-refractivity contribution in [2.45, 2.75) is 19.9 Å². The average Bonchev–Trinajstić information content (AvgIpc) is 3.02. The lowest BCUT2D eigenvalue weighted by atomic mass is 10.1. The number of benzene rings is 1. The summed E-state index contributed by atoms with van der Waals surface area (Å²) in [6.45, 7) is 4.53. The number of hydrogen-bond donors (Lipinski definition) is 1. The maximum absolute atomic E-state index is 12.0. The molecule has 0 saturated heterocycles. The zero-order valence-electron chi connectivity index (χ0n) is 14.5. The van der Waals surface area contributed by atoms with Crippen molar-refractivity contribution in [1.29, 1.82) is 0 Å². The Morgan fingerprint density at radius 2 is 2.00 bits per heavy atom. The Labute approximate surface area is 149 Å². The van der Waals surface area contributed by atoms with Crippen LogP contribution in [0.2, 0.25) is 0 Å². The number of amides is 1. The fourth-order valence-corrected chi connectivity index (χ4v) is 2.23. The lowest BCUT2D eigenvalue weighted by molar-refractivity contribution is -0.123. The molecule has 2 aromatic rings. The Hall–Kier alpha value is -1.98. The maximum Gasteiger partial charge on any atom is 0.258 e. The first-order chi connectivity index (χ1) is 11.0. The van der Waals surface area contributed by atoms with Crippen molar-refractivity contribution in [2.75, 3.05) is 27.2 Å². The zero-order chi connectivity index (χ0) is 16.8. The number of aryl methyl sites for hydroxylation is 2. The molecule has 0 aliphatic carbocycles. The molecule has 0 spiro atoms. The van der Waals surface area contributed by atoms with Gasteiger partial charge in [0, 0.05) is 6.54 Å². The molecule has 0 aliphatic rings. The van der Waals surface area contributed by atoms with Gasteiger partial charge in [-0.3, -0.25) is 9.69 Å². The van der Waals surface area contributed by atoms with Crippen LogP contribution in [-0.2, 0) is 4.79 Å². The summed E-state index contributed by atoms with van der Waals surface area (Å²) in [6, 6.07) is 9.55. The lowest BCUT2D eigenvalue weighted by Crippen LogP contribution is -2.36. The van der Waals surface area contributed by atoms with Gasteiger partial charge in [-0.05, 0) is 63.3 Å². The summed E-state index contributed by atoms with van der Waals surface area (Å²) in [4.78, 5) is 14.0. The molecule has 1 amide bonds. The van der Waals surface area contributed by atoms with Gasteiger partial charge in [-0.25, -0.2) is 0 Å². The monoisotopic (exact) mass is 352 g/mol. The SMILES string of the molecule is Cc1ccc(OCC(=O)NCC(c2ccco2)N(C)C)cc1C.Cl. The highest BCUT2D eigenvalue weighted by atomic mass is 35.5. The maximum atomic E-state index is 12.0. The van der Waals surface area contributed by atoms with E-state index in [9.17, 15) is 4.79 Å².